The highest BCUT2D eigenvalue weighted by atomic mass is 35.5. The van der Waals surface area contributed by atoms with E-state index in [1.165, 1.54) is 43.6 Å². The summed E-state index contributed by atoms with van der Waals surface area (Å²) in [5.41, 5.74) is 2.58. The van der Waals surface area contributed by atoms with Gasteiger partial charge in [-0.2, -0.15) is 0 Å². The van der Waals surface area contributed by atoms with E-state index in [0.29, 0.717) is 0 Å². The van der Waals surface area contributed by atoms with Gasteiger partial charge in [0.15, 0.2) is 0 Å². The van der Waals surface area contributed by atoms with Crippen LogP contribution in [-0.2, 0) is 6.54 Å². The van der Waals surface area contributed by atoms with Crippen molar-refractivity contribution in [1.82, 2.24) is 10.2 Å². The second kappa shape index (κ2) is 8.50. The van der Waals surface area contributed by atoms with Gasteiger partial charge in [0.1, 0.15) is 5.75 Å². The SMILES string of the molecule is COc1ccc(CN(C)CC2CCCNC2)cc1C.Cl. The molecule has 0 aromatic heterocycles. The van der Waals surface area contributed by atoms with Crippen LogP contribution in [-0.4, -0.2) is 38.7 Å². The average Bonchev–Trinajstić information content (AvgIpc) is 2.40. The van der Waals surface area contributed by atoms with Crippen molar-refractivity contribution in [3.63, 3.8) is 0 Å². The van der Waals surface area contributed by atoms with Gasteiger partial charge in [-0.05, 0) is 63.0 Å². The zero-order valence-corrected chi connectivity index (χ0v) is 13.6. The van der Waals surface area contributed by atoms with Crippen molar-refractivity contribution in [2.45, 2.75) is 26.3 Å². The minimum absolute atomic E-state index is 0. The van der Waals surface area contributed by atoms with E-state index in [0.717, 1.165) is 18.2 Å². The Morgan fingerprint density at radius 2 is 2.20 bits per heavy atom. The molecule has 114 valence electrons. The first-order chi connectivity index (χ1) is 9.19. The van der Waals surface area contributed by atoms with Crippen LogP contribution in [0.2, 0.25) is 0 Å². The third-order valence-corrected chi connectivity index (χ3v) is 3.88. The number of benzene rings is 1. The monoisotopic (exact) mass is 298 g/mol. The molecule has 0 bridgehead atoms. The standard InChI is InChI=1S/C16H26N2O.ClH/c1-13-9-14(6-7-16(13)19-3)11-18(2)12-15-5-4-8-17-10-15;/h6-7,9,15,17H,4-5,8,10-12H2,1-3H3;1H. The molecule has 1 aliphatic rings. The molecule has 3 nitrogen and oxygen atoms in total. The largest absolute Gasteiger partial charge is 0.496 e. The summed E-state index contributed by atoms with van der Waals surface area (Å²) in [5.74, 6) is 1.78. The molecule has 0 saturated carbocycles. The van der Waals surface area contributed by atoms with E-state index in [4.69, 9.17) is 4.74 Å². The van der Waals surface area contributed by atoms with Crippen molar-refractivity contribution >= 4 is 12.4 Å². The minimum atomic E-state index is 0. The summed E-state index contributed by atoms with van der Waals surface area (Å²) in [5, 5.41) is 3.49. The predicted molar refractivity (Wildman–Crippen MR) is 86.9 cm³/mol. The van der Waals surface area contributed by atoms with E-state index in [1.807, 2.05) is 0 Å². The number of nitrogens with zero attached hydrogens (tertiary/aromatic N) is 1. The molecule has 0 aliphatic carbocycles. The molecule has 0 amide bonds. The van der Waals surface area contributed by atoms with Crippen molar-refractivity contribution in [3.8, 4) is 5.75 Å². The highest BCUT2D eigenvalue weighted by Gasteiger charge is 2.15. The van der Waals surface area contributed by atoms with Crippen LogP contribution in [0.5, 0.6) is 5.75 Å². The summed E-state index contributed by atoms with van der Waals surface area (Å²) in [6.07, 6.45) is 2.68. The summed E-state index contributed by atoms with van der Waals surface area (Å²) in [7, 11) is 3.94. The number of piperidine rings is 1. The summed E-state index contributed by atoms with van der Waals surface area (Å²) in [6.45, 7) is 6.66. The highest BCUT2D eigenvalue weighted by Crippen LogP contribution is 2.20. The van der Waals surface area contributed by atoms with Crippen molar-refractivity contribution in [2.75, 3.05) is 33.8 Å². The van der Waals surface area contributed by atoms with Gasteiger partial charge in [-0.15, -0.1) is 12.4 Å². The van der Waals surface area contributed by atoms with Crippen molar-refractivity contribution in [1.29, 1.82) is 0 Å². The van der Waals surface area contributed by atoms with Gasteiger partial charge in [-0.1, -0.05) is 12.1 Å². The van der Waals surface area contributed by atoms with Crippen LogP contribution in [0, 0.1) is 12.8 Å². The zero-order chi connectivity index (χ0) is 13.7. The Hall–Kier alpha value is -0.770. The van der Waals surface area contributed by atoms with Gasteiger partial charge >= 0.3 is 0 Å². The molecule has 1 heterocycles. The first-order valence-electron chi connectivity index (χ1n) is 7.22. The molecule has 1 N–H and O–H groups in total. The number of hydrogen-bond donors (Lipinski definition) is 1. The second-order valence-corrected chi connectivity index (χ2v) is 5.71. The first-order valence-corrected chi connectivity index (χ1v) is 7.22. The lowest BCUT2D eigenvalue weighted by atomic mass is 9.99. The molecule has 1 aromatic rings. The molecule has 1 fully saturated rings. The Morgan fingerprint density at radius 1 is 1.40 bits per heavy atom. The summed E-state index contributed by atoms with van der Waals surface area (Å²) in [4.78, 5) is 2.43. The maximum atomic E-state index is 5.30. The molecule has 2 rings (SSSR count). The molecule has 1 saturated heterocycles. The number of halogens is 1. The maximum absolute atomic E-state index is 5.30. The Morgan fingerprint density at radius 3 is 2.80 bits per heavy atom. The Balaban J connectivity index is 0.00000200. The fourth-order valence-electron chi connectivity index (χ4n) is 2.94. The first kappa shape index (κ1) is 17.3. The fraction of sp³-hybridized carbons (Fsp3) is 0.625. The molecule has 1 aliphatic heterocycles. The number of aryl methyl sites for hydroxylation is 1. The van der Waals surface area contributed by atoms with Gasteiger partial charge in [0.05, 0.1) is 7.11 Å². The molecule has 1 atom stereocenters. The molecule has 0 spiro atoms. The predicted octanol–water partition coefficient (Wildman–Crippen LogP) is 2.86. The van der Waals surface area contributed by atoms with E-state index >= 15 is 0 Å². The normalized spacial score (nSPS) is 18.7. The van der Waals surface area contributed by atoms with Crippen LogP contribution in [0.25, 0.3) is 0 Å². The Bertz CT molecular complexity index is 405. The summed E-state index contributed by atoms with van der Waals surface area (Å²) >= 11 is 0. The third-order valence-electron chi connectivity index (χ3n) is 3.88. The molecule has 1 aromatic carbocycles. The molecular weight excluding hydrogens is 272 g/mol. The molecule has 20 heavy (non-hydrogen) atoms. The Kier molecular flexibility index (Phi) is 7.35. The summed E-state index contributed by atoms with van der Waals surface area (Å²) in [6, 6.07) is 6.47. The van der Waals surface area contributed by atoms with Crippen LogP contribution in [0.15, 0.2) is 18.2 Å². The average molecular weight is 299 g/mol. The lowest BCUT2D eigenvalue weighted by Gasteiger charge is -2.27. The van der Waals surface area contributed by atoms with E-state index in [1.54, 1.807) is 7.11 Å². The van der Waals surface area contributed by atoms with Crippen LogP contribution < -0.4 is 10.1 Å². The van der Waals surface area contributed by atoms with Crippen LogP contribution >= 0.6 is 12.4 Å². The molecule has 4 heteroatoms. The number of nitrogens with one attached hydrogen (secondary N) is 1. The van der Waals surface area contributed by atoms with Crippen LogP contribution in [0.3, 0.4) is 0 Å². The van der Waals surface area contributed by atoms with Gasteiger partial charge in [-0.25, -0.2) is 0 Å². The second-order valence-electron chi connectivity index (χ2n) is 5.71. The molecule has 0 radical (unpaired) electrons. The van der Waals surface area contributed by atoms with Gasteiger partial charge < -0.3 is 15.0 Å². The van der Waals surface area contributed by atoms with Gasteiger partial charge in [0.2, 0.25) is 0 Å². The van der Waals surface area contributed by atoms with E-state index in [9.17, 15) is 0 Å². The number of methoxy groups -OCH3 is 1. The number of ether oxygens (including phenoxy) is 1. The highest BCUT2D eigenvalue weighted by molar-refractivity contribution is 5.85. The number of hydrogen-bond acceptors (Lipinski definition) is 3. The quantitative estimate of drug-likeness (QED) is 0.905. The van der Waals surface area contributed by atoms with Gasteiger partial charge in [0.25, 0.3) is 0 Å². The Labute approximate surface area is 129 Å². The summed E-state index contributed by atoms with van der Waals surface area (Å²) < 4.78 is 5.30. The van der Waals surface area contributed by atoms with Crippen molar-refractivity contribution in [3.05, 3.63) is 29.3 Å². The van der Waals surface area contributed by atoms with Crippen molar-refractivity contribution < 1.29 is 4.74 Å². The maximum Gasteiger partial charge on any atom is 0.121 e. The zero-order valence-electron chi connectivity index (χ0n) is 12.8. The fourth-order valence-corrected chi connectivity index (χ4v) is 2.94. The lowest BCUT2D eigenvalue weighted by Crippen LogP contribution is -2.36. The topological polar surface area (TPSA) is 24.5 Å². The van der Waals surface area contributed by atoms with Crippen LogP contribution in [0.1, 0.15) is 24.0 Å². The van der Waals surface area contributed by atoms with E-state index in [-0.39, 0.29) is 12.4 Å². The van der Waals surface area contributed by atoms with E-state index in [2.05, 4.69) is 42.4 Å². The third kappa shape index (κ3) is 4.97. The van der Waals surface area contributed by atoms with Gasteiger partial charge in [0, 0.05) is 13.1 Å². The van der Waals surface area contributed by atoms with Crippen LogP contribution in [0.4, 0.5) is 0 Å². The smallest absolute Gasteiger partial charge is 0.121 e. The minimum Gasteiger partial charge on any atom is -0.496 e. The molecule has 1 unspecified atom stereocenters. The molecular formula is C16H27ClN2O. The van der Waals surface area contributed by atoms with Gasteiger partial charge in [-0.3, -0.25) is 0 Å². The van der Waals surface area contributed by atoms with Crippen molar-refractivity contribution in [2.24, 2.45) is 5.92 Å². The van der Waals surface area contributed by atoms with E-state index < -0.39 is 0 Å². The lowest BCUT2D eigenvalue weighted by molar-refractivity contribution is 0.237. The number of rotatable bonds is 5.